The lowest BCUT2D eigenvalue weighted by Crippen LogP contribution is -2.53. The van der Waals surface area contributed by atoms with Gasteiger partial charge < -0.3 is 10.4 Å². The monoisotopic (exact) mass is 475 g/mol. The number of carbonyl (C=O) groups excluding carboxylic acids is 1. The van der Waals surface area contributed by atoms with Crippen LogP contribution in [-0.4, -0.2) is 23.4 Å². The Morgan fingerprint density at radius 1 is 0.963 bits per heavy atom. The summed E-state index contributed by atoms with van der Waals surface area (Å²) in [5, 5.41) is 11.9. The maximum atomic E-state index is 12.8. The fraction of sp³-hybridized carbons (Fsp3) is 0.188. The first kappa shape index (κ1) is 21.5. The minimum absolute atomic E-state index is 0.0812. The average Bonchev–Trinajstić information content (AvgIpc) is 2.55. The Labute approximate surface area is 162 Å². The fourth-order valence-electron chi connectivity index (χ4n) is 2.15. The van der Waals surface area contributed by atoms with E-state index < -0.39 is 29.4 Å². The van der Waals surface area contributed by atoms with Crippen LogP contribution >= 0.6 is 27.5 Å². The third kappa shape index (κ3) is 4.22. The second-order valence-corrected chi connectivity index (χ2v) is 6.65. The molecule has 2 rings (SSSR count). The van der Waals surface area contributed by atoms with Gasteiger partial charge in [0.25, 0.3) is 11.5 Å². The summed E-state index contributed by atoms with van der Waals surface area (Å²) in [6.45, 7) is 0. The first-order valence-electron chi connectivity index (χ1n) is 7.00. The highest BCUT2D eigenvalue weighted by Gasteiger charge is 2.71. The van der Waals surface area contributed by atoms with Gasteiger partial charge in [0.15, 0.2) is 0 Å². The predicted molar refractivity (Wildman–Crippen MR) is 89.6 cm³/mol. The molecule has 2 aromatic rings. The van der Waals surface area contributed by atoms with Gasteiger partial charge in [-0.25, -0.2) is 0 Å². The van der Waals surface area contributed by atoms with Crippen molar-refractivity contribution in [3.63, 3.8) is 0 Å². The first-order valence-corrected chi connectivity index (χ1v) is 8.17. The van der Waals surface area contributed by atoms with E-state index in [0.717, 1.165) is 12.1 Å². The predicted octanol–water partition coefficient (Wildman–Crippen LogP) is 5.67. The smallest absolute Gasteiger partial charge is 0.369 e. The number of aliphatic hydroxyl groups is 1. The van der Waals surface area contributed by atoms with E-state index in [1.807, 2.05) is 0 Å². The van der Waals surface area contributed by atoms with Crippen LogP contribution in [0, 0.1) is 0 Å². The molecule has 0 radical (unpaired) electrons. The van der Waals surface area contributed by atoms with Gasteiger partial charge in [0.05, 0.1) is 5.56 Å². The molecule has 0 saturated heterocycles. The van der Waals surface area contributed by atoms with Crippen LogP contribution in [0.25, 0.3) is 0 Å². The molecule has 0 aliphatic carbocycles. The highest BCUT2D eigenvalue weighted by molar-refractivity contribution is 9.10. The third-order valence-electron chi connectivity index (χ3n) is 3.55. The molecule has 0 aromatic heterocycles. The molecule has 0 fully saturated rings. The number of hydrogen-bond donors (Lipinski definition) is 2. The molecule has 0 bridgehead atoms. The SMILES string of the molecule is O=C(Nc1ccc(C(O)(C(F)(F)F)C(F)(F)F)cc1)c1cc(Cl)ccc1Br. The maximum absolute atomic E-state index is 12.8. The van der Waals surface area contributed by atoms with Crippen LogP contribution in [0.3, 0.4) is 0 Å². The highest BCUT2D eigenvalue weighted by Crippen LogP contribution is 2.50. The van der Waals surface area contributed by atoms with E-state index >= 15 is 0 Å². The van der Waals surface area contributed by atoms with Crippen molar-refractivity contribution in [3.8, 4) is 0 Å². The van der Waals surface area contributed by atoms with Crippen molar-refractivity contribution in [2.45, 2.75) is 18.0 Å². The Hall–Kier alpha value is -1.78. The molecule has 0 aliphatic rings. The molecule has 1 amide bonds. The molecular weight excluding hydrogens is 468 g/mol. The molecule has 2 N–H and O–H groups in total. The van der Waals surface area contributed by atoms with E-state index in [-0.39, 0.29) is 16.3 Å². The lowest BCUT2D eigenvalue weighted by molar-refractivity contribution is -0.376. The number of nitrogens with one attached hydrogen (secondary N) is 1. The van der Waals surface area contributed by atoms with Gasteiger partial charge in [-0.1, -0.05) is 23.7 Å². The molecule has 0 heterocycles. The summed E-state index contributed by atoms with van der Waals surface area (Å²) in [6, 6.07) is 6.82. The summed E-state index contributed by atoms with van der Waals surface area (Å²) >= 11 is 8.90. The molecule has 0 unspecified atom stereocenters. The van der Waals surface area contributed by atoms with E-state index in [2.05, 4.69) is 21.2 Å². The lowest BCUT2D eigenvalue weighted by Gasteiger charge is -2.32. The van der Waals surface area contributed by atoms with Crippen LogP contribution in [0.2, 0.25) is 5.02 Å². The molecule has 0 aliphatic heterocycles. The second kappa shape index (κ2) is 7.33. The molecule has 27 heavy (non-hydrogen) atoms. The summed E-state index contributed by atoms with van der Waals surface area (Å²) in [6.07, 6.45) is -12.0. The quantitative estimate of drug-likeness (QED) is 0.561. The number of halogens is 8. The number of anilines is 1. The van der Waals surface area contributed by atoms with Crippen molar-refractivity contribution in [3.05, 3.63) is 63.1 Å². The number of alkyl halides is 6. The Morgan fingerprint density at radius 2 is 1.48 bits per heavy atom. The summed E-state index contributed by atoms with van der Waals surface area (Å²) in [7, 11) is 0. The highest BCUT2D eigenvalue weighted by atomic mass is 79.9. The Bertz CT molecular complexity index is 837. The molecule has 0 atom stereocenters. The van der Waals surface area contributed by atoms with Crippen molar-refractivity contribution >= 4 is 39.1 Å². The summed E-state index contributed by atoms with van der Waals surface area (Å²) in [5.74, 6) is -0.695. The topological polar surface area (TPSA) is 49.3 Å². The average molecular weight is 477 g/mol. The van der Waals surface area contributed by atoms with Crippen LogP contribution in [0.5, 0.6) is 0 Å². The molecule has 146 valence electrons. The molecule has 2 aromatic carbocycles. The largest absolute Gasteiger partial charge is 0.430 e. The van der Waals surface area contributed by atoms with Crippen molar-refractivity contribution < 1.29 is 36.2 Å². The van der Waals surface area contributed by atoms with Gasteiger partial charge in [0.2, 0.25) is 0 Å². The fourth-order valence-corrected chi connectivity index (χ4v) is 2.75. The minimum Gasteiger partial charge on any atom is -0.369 e. The molecule has 11 heteroatoms. The first-order chi connectivity index (χ1) is 12.3. The van der Waals surface area contributed by atoms with Crippen LogP contribution in [-0.2, 0) is 5.60 Å². The van der Waals surface area contributed by atoms with Gasteiger partial charge in [-0.15, -0.1) is 0 Å². The van der Waals surface area contributed by atoms with Gasteiger partial charge in [0, 0.05) is 20.7 Å². The van der Waals surface area contributed by atoms with Crippen LogP contribution in [0.4, 0.5) is 32.0 Å². The summed E-state index contributed by atoms with van der Waals surface area (Å²) in [4.78, 5) is 12.2. The van der Waals surface area contributed by atoms with Crippen molar-refractivity contribution in [1.82, 2.24) is 0 Å². The minimum atomic E-state index is -5.98. The number of benzene rings is 2. The third-order valence-corrected chi connectivity index (χ3v) is 4.48. The molecular formula is C16H9BrClF6NO2. The number of hydrogen-bond acceptors (Lipinski definition) is 2. The Kier molecular flexibility index (Phi) is 5.84. The van der Waals surface area contributed by atoms with Gasteiger partial charge in [-0.05, 0) is 46.3 Å². The van der Waals surface area contributed by atoms with Gasteiger partial charge in [0.1, 0.15) is 0 Å². The second-order valence-electron chi connectivity index (χ2n) is 5.36. The Balaban J connectivity index is 2.32. The van der Waals surface area contributed by atoms with Gasteiger partial charge >= 0.3 is 12.4 Å². The number of carbonyl (C=O) groups is 1. The number of amides is 1. The van der Waals surface area contributed by atoms with Crippen LogP contribution < -0.4 is 5.32 Å². The lowest BCUT2D eigenvalue weighted by atomic mass is 9.92. The zero-order valence-electron chi connectivity index (χ0n) is 12.9. The van der Waals surface area contributed by atoms with E-state index in [0.29, 0.717) is 16.6 Å². The molecule has 3 nitrogen and oxygen atoms in total. The van der Waals surface area contributed by atoms with Crippen LogP contribution in [0.1, 0.15) is 15.9 Å². The van der Waals surface area contributed by atoms with Gasteiger partial charge in [-0.2, -0.15) is 26.3 Å². The normalized spacial score (nSPS) is 12.8. The Morgan fingerprint density at radius 3 is 1.96 bits per heavy atom. The van der Waals surface area contributed by atoms with E-state index in [4.69, 9.17) is 11.6 Å². The number of rotatable bonds is 3. The zero-order valence-corrected chi connectivity index (χ0v) is 15.3. The van der Waals surface area contributed by atoms with Gasteiger partial charge in [-0.3, -0.25) is 4.79 Å². The van der Waals surface area contributed by atoms with Crippen molar-refractivity contribution in [2.75, 3.05) is 5.32 Å². The van der Waals surface area contributed by atoms with Crippen molar-refractivity contribution in [2.24, 2.45) is 0 Å². The van der Waals surface area contributed by atoms with E-state index in [1.165, 1.54) is 18.2 Å². The maximum Gasteiger partial charge on any atom is 0.430 e. The van der Waals surface area contributed by atoms with Crippen molar-refractivity contribution in [1.29, 1.82) is 0 Å². The summed E-state index contributed by atoms with van der Waals surface area (Å²) < 4.78 is 77.4. The van der Waals surface area contributed by atoms with Crippen LogP contribution in [0.15, 0.2) is 46.9 Å². The van der Waals surface area contributed by atoms with E-state index in [1.54, 1.807) is 0 Å². The van der Waals surface area contributed by atoms with E-state index in [9.17, 15) is 36.2 Å². The summed E-state index contributed by atoms with van der Waals surface area (Å²) in [5.41, 5.74) is -6.43. The molecule has 0 saturated carbocycles. The zero-order chi connectivity index (χ0) is 20.6. The molecule has 0 spiro atoms. The standard InChI is InChI=1S/C16H9BrClF6NO2/c17-12-6-3-9(18)7-11(12)13(26)25-10-4-1-8(2-5-10)14(27,15(19,20)21)16(22,23)24/h1-7,27H,(H,25,26).